The Hall–Kier alpha value is -0.0500. The lowest BCUT2D eigenvalue weighted by molar-refractivity contribution is -0.181. The van der Waals surface area contributed by atoms with Gasteiger partial charge in [-0.05, 0) is 19.3 Å². The highest BCUT2D eigenvalue weighted by Gasteiger charge is 2.68. The van der Waals surface area contributed by atoms with E-state index >= 15 is 0 Å². The number of rotatable bonds is 3. The van der Waals surface area contributed by atoms with Crippen LogP contribution < -0.4 is 0 Å². The van der Waals surface area contributed by atoms with E-state index in [-0.39, 0.29) is 27.2 Å². The van der Waals surface area contributed by atoms with E-state index in [1.54, 1.807) is 0 Å². The fourth-order valence-corrected chi connectivity index (χ4v) is 6.17. The molecule has 0 aromatic rings. The Morgan fingerprint density at radius 2 is 2.00 bits per heavy atom. The summed E-state index contributed by atoms with van der Waals surface area (Å²) < 4.78 is 6.00. The Balaban J connectivity index is 2.48. The van der Waals surface area contributed by atoms with E-state index in [9.17, 15) is 4.79 Å². The SMILES string of the molecule is CCCC(Br)C12OC(=O)CC1(C)CCCC2(C)C. The Morgan fingerprint density at radius 1 is 1.33 bits per heavy atom. The van der Waals surface area contributed by atoms with Crippen LogP contribution in [0.4, 0.5) is 0 Å². The van der Waals surface area contributed by atoms with E-state index in [4.69, 9.17) is 4.74 Å². The highest BCUT2D eigenvalue weighted by atomic mass is 79.9. The van der Waals surface area contributed by atoms with Gasteiger partial charge in [0, 0.05) is 10.8 Å². The lowest BCUT2D eigenvalue weighted by Gasteiger charge is -2.57. The van der Waals surface area contributed by atoms with Gasteiger partial charge in [0.2, 0.25) is 0 Å². The van der Waals surface area contributed by atoms with Crippen LogP contribution in [0.3, 0.4) is 0 Å². The fourth-order valence-electron chi connectivity index (χ4n) is 4.45. The van der Waals surface area contributed by atoms with Crippen molar-refractivity contribution < 1.29 is 9.53 Å². The molecule has 1 heterocycles. The van der Waals surface area contributed by atoms with E-state index in [0.29, 0.717) is 6.42 Å². The maximum absolute atomic E-state index is 12.0. The zero-order valence-corrected chi connectivity index (χ0v) is 13.6. The largest absolute Gasteiger partial charge is 0.457 e. The second-order valence-corrected chi connectivity index (χ2v) is 8.05. The number of carbonyl (C=O) groups is 1. The molecule has 0 spiro atoms. The summed E-state index contributed by atoms with van der Waals surface area (Å²) >= 11 is 3.86. The molecule has 0 bridgehead atoms. The highest BCUT2D eigenvalue weighted by Crippen LogP contribution is 2.64. The van der Waals surface area contributed by atoms with Crippen molar-refractivity contribution >= 4 is 21.9 Å². The van der Waals surface area contributed by atoms with Gasteiger partial charge in [0.25, 0.3) is 0 Å². The van der Waals surface area contributed by atoms with Crippen molar-refractivity contribution in [3.05, 3.63) is 0 Å². The first kappa shape index (κ1) is 14.4. The standard InChI is InChI=1S/C15H25BrO2/c1-5-7-11(16)15-13(2,3)8-6-9-14(15,4)10-12(17)18-15/h11H,5-10H2,1-4H3. The zero-order valence-electron chi connectivity index (χ0n) is 12.0. The number of halogens is 1. The molecule has 2 aliphatic rings. The average Bonchev–Trinajstić information content (AvgIpc) is 2.51. The molecule has 2 nitrogen and oxygen atoms in total. The molecule has 18 heavy (non-hydrogen) atoms. The topological polar surface area (TPSA) is 26.3 Å². The molecule has 3 unspecified atom stereocenters. The second kappa shape index (κ2) is 4.50. The summed E-state index contributed by atoms with van der Waals surface area (Å²) in [7, 11) is 0. The van der Waals surface area contributed by atoms with Crippen molar-refractivity contribution in [2.75, 3.05) is 0 Å². The number of hydrogen-bond acceptors (Lipinski definition) is 2. The maximum atomic E-state index is 12.0. The van der Waals surface area contributed by atoms with E-state index in [1.165, 1.54) is 6.42 Å². The van der Waals surface area contributed by atoms with Crippen LogP contribution >= 0.6 is 15.9 Å². The first-order valence-corrected chi connectivity index (χ1v) is 8.06. The minimum Gasteiger partial charge on any atom is -0.457 e. The smallest absolute Gasteiger partial charge is 0.307 e. The molecule has 0 amide bonds. The molecule has 0 N–H and O–H groups in total. The summed E-state index contributed by atoms with van der Waals surface area (Å²) in [6.07, 6.45) is 6.21. The van der Waals surface area contributed by atoms with Crippen LogP contribution in [0.15, 0.2) is 0 Å². The second-order valence-electron chi connectivity index (χ2n) is 6.94. The van der Waals surface area contributed by atoms with E-state index < -0.39 is 0 Å². The number of carbonyl (C=O) groups excluding carboxylic acids is 1. The molecule has 1 saturated carbocycles. The van der Waals surface area contributed by atoms with E-state index in [1.807, 2.05) is 0 Å². The van der Waals surface area contributed by atoms with Gasteiger partial charge >= 0.3 is 5.97 Å². The maximum Gasteiger partial charge on any atom is 0.307 e. The summed E-state index contributed by atoms with van der Waals surface area (Å²) in [6.45, 7) is 8.98. The molecule has 2 rings (SSSR count). The minimum absolute atomic E-state index is 0.00479. The van der Waals surface area contributed by atoms with E-state index in [0.717, 1.165) is 25.7 Å². The lowest BCUT2D eigenvalue weighted by Crippen LogP contribution is -2.62. The fraction of sp³-hybridized carbons (Fsp3) is 0.933. The highest BCUT2D eigenvalue weighted by molar-refractivity contribution is 9.09. The molecule has 3 heteroatoms. The minimum atomic E-state index is -0.328. The Kier molecular flexibility index (Phi) is 3.59. The predicted octanol–water partition coefficient (Wildman–Crippen LogP) is 4.45. The Bertz CT molecular complexity index is 352. The van der Waals surface area contributed by atoms with Crippen LogP contribution in [-0.2, 0) is 9.53 Å². The van der Waals surface area contributed by atoms with Crippen molar-refractivity contribution in [1.82, 2.24) is 0 Å². The molecule has 1 aliphatic heterocycles. The van der Waals surface area contributed by atoms with Crippen molar-refractivity contribution in [3.8, 4) is 0 Å². The molecule has 1 aliphatic carbocycles. The van der Waals surface area contributed by atoms with Crippen LogP contribution in [0.1, 0.15) is 66.2 Å². The lowest BCUT2D eigenvalue weighted by atomic mass is 9.52. The van der Waals surface area contributed by atoms with Crippen molar-refractivity contribution in [1.29, 1.82) is 0 Å². The molecule has 1 saturated heterocycles. The summed E-state index contributed by atoms with van der Waals surface area (Å²) in [6, 6.07) is 0. The molecule has 104 valence electrons. The number of fused-ring (bicyclic) bond motifs is 1. The van der Waals surface area contributed by atoms with Gasteiger partial charge in [-0.15, -0.1) is 0 Å². The Morgan fingerprint density at radius 3 is 2.61 bits per heavy atom. The first-order chi connectivity index (χ1) is 8.29. The first-order valence-electron chi connectivity index (χ1n) is 7.15. The van der Waals surface area contributed by atoms with Crippen molar-refractivity contribution in [2.24, 2.45) is 10.8 Å². The monoisotopic (exact) mass is 316 g/mol. The summed E-state index contributed by atoms with van der Waals surface area (Å²) in [5, 5.41) is 0. The average molecular weight is 317 g/mol. The van der Waals surface area contributed by atoms with Gasteiger partial charge in [0.1, 0.15) is 5.60 Å². The van der Waals surface area contributed by atoms with Gasteiger partial charge in [-0.3, -0.25) is 4.79 Å². The number of esters is 1. The number of ether oxygens (including phenoxy) is 1. The molecular weight excluding hydrogens is 292 g/mol. The normalized spacial score (nSPS) is 40.2. The summed E-state index contributed by atoms with van der Waals surface area (Å²) in [5.74, 6) is -0.00646. The molecule has 3 atom stereocenters. The zero-order chi connectivity index (χ0) is 13.6. The summed E-state index contributed by atoms with van der Waals surface area (Å²) in [4.78, 5) is 12.2. The van der Waals surface area contributed by atoms with Crippen LogP contribution in [-0.4, -0.2) is 16.4 Å². The van der Waals surface area contributed by atoms with Crippen LogP contribution in [0.25, 0.3) is 0 Å². The molecule has 0 radical (unpaired) electrons. The van der Waals surface area contributed by atoms with Gasteiger partial charge in [-0.25, -0.2) is 0 Å². The van der Waals surface area contributed by atoms with Gasteiger partial charge < -0.3 is 4.74 Å². The number of alkyl halides is 1. The molecule has 2 fully saturated rings. The quantitative estimate of drug-likeness (QED) is 0.568. The van der Waals surface area contributed by atoms with Crippen LogP contribution in [0.2, 0.25) is 0 Å². The molecule has 0 aromatic heterocycles. The van der Waals surface area contributed by atoms with Gasteiger partial charge in [0.15, 0.2) is 0 Å². The van der Waals surface area contributed by atoms with E-state index in [2.05, 4.69) is 43.6 Å². The van der Waals surface area contributed by atoms with Gasteiger partial charge in [-0.2, -0.15) is 0 Å². The third kappa shape index (κ3) is 1.76. The van der Waals surface area contributed by atoms with Gasteiger partial charge in [-0.1, -0.05) is 56.5 Å². The van der Waals surface area contributed by atoms with Crippen LogP contribution in [0.5, 0.6) is 0 Å². The van der Waals surface area contributed by atoms with Crippen molar-refractivity contribution in [3.63, 3.8) is 0 Å². The van der Waals surface area contributed by atoms with Gasteiger partial charge in [0.05, 0.1) is 11.2 Å². The predicted molar refractivity (Wildman–Crippen MR) is 76.8 cm³/mol. The molecular formula is C15H25BrO2. The van der Waals surface area contributed by atoms with Crippen LogP contribution in [0, 0.1) is 10.8 Å². The summed E-state index contributed by atoms with van der Waals surface area (Å²) in [5.41, 5.74) is -0.282. The number of hydrogen-bond donors (Lipinski definition) is 0. The van der Waals surface area contributed by atoms with Crippen molar-refractivity contribution in [2.45, 2.75) is 76.6 Å². The third-order valence-electron chi connectivity index (χ3n) is 5.22. The molecule has 0 aromatic carbocycles. The third-order valence-corrected chi connectivity index (χ3v) is 6.33. The Labute approximate surface area is 119 Å².